The van der Waals surface area contributed by atoms with Crippen LogP contribution in [-0.2, 0) is 6.42 Å². The van der Waals surface area contributed by atoms with Gasteiger partial charge in [0.05, 0.1) is 6.10 Å². The van der Waals surface area contributed by atoms with E-state index in [1.54, 1.807) is 31.2 Å². The van der Waals surface area contributed by atoms with Gasteiger partial charge < -0.3 is 5.11 Å². The van der Waals surface area contributed by atoms with Crippen LogP contribution in [0.2, 0.25) is 10.0 Å². The summed E-state index contributed by atoms with van der Waals surface area (Å²) < 4.78 is 13.3. The van der Waals surface area contributed by atoms with Crippen molar-refractivity contribution in [1.82, 2.24) is 0 Å². The molecule has 0 bridgehead atoms. The SMILES string of the molecule is Cc1cc(F)cc(C(O)Cc2c(Cl)cccc2Cl)c1. The summed E-state index contributed by atoms with van der Waals surface area (Å²) in [5.74, 6) is -0.362. The molecule has 1 atom stereocenters. The second-order valence-corrected chi connectivity index (χ2v) is 5.30. The van der Waals surface area contributed by atoms with Gasteiger partial charge in [0.25, 0.3) is 0 Å². The standard InChI is InChI=1S/C15H13Cl2FO/c1-9-5-10(7-11(18)6-9)15(19)8-12-13(16)3-2-4-14(12)17/h2-7,15,19H,8H2,1H3. The number of hydrogen-bond donors (Lipinski definition) is 1. The Morgan fingerprint density at radius 1 is 1.16 bits per heavy atom. The summed E-state index contributed by atoms with van der Waals surface area (Å²) in [6.45, 7) is 1.78. The lowest BCUT2D eigenvalue weighted by molar-refractivity contribution is 0.178. The predicted octanol–water partition coefficient (Wildman–Crippen LogP) is 4.72. The Morgan fingerprint density at radius 3 is 2.37 bits per heavy atom. The molecule has 1 N–H and O–H groups in total. The van der Waals surface area contributed by atoms with E-state index in [-0.39, 0.29) is 12.2 Å². The van der Waals surface area contributed by atoms with Crippen molar-refractivity contribution in [1.29, 1.82) is 0 Å². The Labute approximate surface area is 121 Å². The van der Waals surface area contributed by atoms with Crippen molar-refractivity contribution in [2.75, 3.05) is 0 Å². The van der Waals surface area contributed by atoms with Crippen LogP contribution in [0.25, 0.3) is 0 Å². The fourth-order valence-electron chi connectivity index (χ4n) is 2.00. The Bertz CT molecular complexity index is 558. The maximum atomic E-state index is 13.3. The van der Waals surface area contributed by atoms with Crippen LogP contribution in [0.4, 0.5) is 4.39 Å². The van der Waals surface area contributed by atoms with Crippen LogP contribution in [0.1, 0.15) is 22.8 Å². The first-order valence-electron chi connectivity index (χ1n) is 5.85. The van der Waals surface area contributed by atoms with Gasteiger partial charge in [-0.2, -0.15) is 0 Å². The molecule has 0 fully saturated rings. The summed E-state index contributed by atoms with van der Waals surface area (Å²) in [4.78, 5) is 0. The van der Waals surface area contributed by atoms with Crippen LogP contribution >= 0.6 is 23.2 Å². The van der Waals surface area contributed by atoms with Crippen molar-refractivity contribution < 1.29 is 9.50 Å². The first-order chi connectivity index (χ1) is 8.97. The van der Waals surface area contributed by atoms with Crippen LogP contribution in [0.15, 0.2) is 36.4 Å². The number of aliphatic hydroxyl groups excluding tert-OH is 1. The molecule has 2 aromatic carbocycles. The summed E-state index contributed by atoms with van der Waals surface area (Å²) in [5, 5.41) is 11.2. The largest absolute Gasteiger partial charge is 0.388 e. The smallest absolute Gasteiger partial charge is 0.123 e. The Hall–Kier alpha value is -1.09. The van der Waals surface area contributed by atoms with Crippen molar-refractivity contribution >= 4 is 23.2 Å². The molecule has 19 heavy (non-hydrogen) atoms. The monoisotopic (exact) mass is 298 g/mol. The molecule has 0 aliphatic rings. The maximum Gasteiger partial charge on any atom is 0.123 e. The van der Waals surface area contributed by atoms with Crippen molar-refractivity contribution in [3.8, 4) is 0 Å². The minimum absolute atomic E-state index is 0.251. The summed E-state index contributed by atoms with van der Waals surface area (Å²) in [6, 6.07) is 9.66. The summed E-state index contributed by atoms with van der Waals surface area (Å²) in [6.07, 6.45) is -0.590. The van der Waals surface area contributed by atoms with E-state index in [0.717, 1.165) is 5.56 Å². The number of benzene rings is 2. The number of aryl methyl sites for hydroxylation is 1. The number of halogens is 3. The van der Waals surface area contributed by atoms with E-state index in [2.05, 4.69) is 0 Å². The second kappa shape index (κ2) is 5.91. The number of aliphatic hydroxyl groups is 1. The van der Waals surface area contributed by atoms with E-state index < -0.39 is 6.10 Å². The predicted molar refractivity (Wildman–Crippen MR) is 76.3 cm³/mol. The van der Waals surface area contributed by atoms with Gasteiger partial charge in [-0.15, -0.1) is 0 Å². The quantitative estimate of drug-likeness (QED) is 0.869. The van der Waals surface area contributed by atoms with Crippen LogP contribution in [0.3, 0.4) is 0 Å². The third kappa shape index (κ3) is 3.47. The molecular weight excluding hydrogens is 286 g/mol. The molecule has 0 saturated heterocycles. The van der Waals surface area contributed by atoms with E-state index in [1.165, 1.54) is 12.1 Å². The molecule has 100 valence electrons. The van der Waals surface area contributed by atoms with Crippen LogP contribution in [0.5, 0.6) is 0 Å². The molecule has 4 heteroatoms. The molecule has 0 saturated carbocycles. The Balaban J connectivity index is 2.28. The fourth-order valence-corrected chi connectivity index (χ4v) is 2.55. The van der Waals surface area contributed by atoms with Gasteiger partial charge in [0.1, 0.15) is 5.82 Å². The van der Waals surface area contributed by atoms with Gasteiger partial charge in [-0.3, -0.25) is 0 Å². The molecule has 0 aromatic heterocycles. The second-order valence-electron chi connectivity index (χ2n) is 4.48. The highest BCUT2D eigenvalue weighted by molar-refractivity contribution is 6.35. The molecule has 1 nitrogen and oxygen atoms in total. The lowest BCUT2D eigenvalue weighted by atomic mass is 10.00. The molecule has 0 radical (unpaired) electrons. The first kappa shape index (κ1) is 14.3. The van der Waals surface area contributed by atoms with E-state index in [1.807, 2.05) is 0 Å². The molecule has 2 aromatic rings. The maximum absolute atomic E-state index is 13.3. The minimum Gasteiger partial charge on any atom is -0.388 e. The lowest BCUT2D eigenvalue weighted by Crippen LogP contribution is -2.04. The minimum atomic E-state index is -0.841. The summed E-state index contributed by atoms with van der Waals surface area (Å²) in [7, 11) is 0. The molecule has 2 rings (SSSR count). The summed E-state index contributed by atoms with van der Waals surface area (Å²) in [5.41, 5.74) is 1.95. The average Bonchev–Trinajstić information content (AvgIpc) is 2.32. The van der Waals surface area contributed by atoms with Gasteiger partial charge in [0.15, 0.2) is 0 Å². The van der Waals surface area contributed by atoms with Crippen LogP contribution in [-0.4, -0.2) is 5.11 Å². The van der Waals surface area contributed by atoms with Crippen molar-refractivity contribution in [2.24, 2.45) is 0 Å². The van der Waals surface area contributed by atoms with Gasteiger partial charge in [-0.1, -0.05) is 35.3 Å². The van der Waals surface area contributed by atoms with Gasteiger partial charge in [-0.25, -0.2) is 4.39 Å². The summed E-state index contributed by atoms with van der Waals surface area (Å²) >= 11 is 12.1. The van der Waals surface area contributed by atoms with Crippen molar-refractivity contribution in [2.45, 2.75) is 19.4 Å². The van der Waals surface area contributed by atoms with Crippen LogP contribution < -0.4 is 0 Å². The zero-order valence-electron chi connectivity index (χ0n) is 10.3. The van der Waals surface area contributed by atoms with E-state index in [0.29, 0.717) is 21.2 Å². The van der Waals surface area contributed by atoms with E-state index >= 15 is 0 Å². The highest BCUT2D eigenvalue weighted by Gasteiger charge is 2.14. The molecule has 0 aliphatic carbocycles. The average molecular weight is 299 g/mol. The van der Waals surface area contributed by atoms with Gasteiger partial charge in [0, 0.05) is 16.5 Å². The fraction of sp³-hybridized carbons (Fsp3) is 0.200. The highest BCUT2D eigenvalue weighted by Crippen LogP contribution is 2.29. The number of rotatable bonds is 3. The zero-order valence-corrected chi connectivity index (χ0v) is 11.8. The molecule has 0 heterocycles. The van der Waals surface area contributed by atoms with E-state index in [9.17, 15) is 9.50 Å². The zero-order chi connectivity index (χ0) is 14.0. The lowest BCUT2D eigenvalue weighted by Gasteiger charge is -2.14. The van der Waals surface area contributed by atoms with Crippen molar-refractivity contribution in [3.05, 3.63) is 69.0 Å². The normalized spacial score (nSPS) is 12.5. The molecule has 0 aliphatic heterocycles. The van der Waals surface area contributed by atoms with Gasteiger partial charge >= 0.3 is 0 Å². The van der Waals surface area contributed by atoms with Gasteiger partial charge in [0.2, 0.25) is 0 Å². The van der Waals surface area contributed by atoms with Gasteiger partial charge in [-0.05, 0) is 47.9 Å². The third-order valence-electron chi connectivity index (χ3n) is 2.91. The molecule has 0 spiro atoms. The highest BCUT2D eigenvalue weighted by atomic mass is 35.5. The molecule has 0 amide bonds. The van der Waals surface area contributed by atoms with Crippen molar-refractivity contribution in [3.63, 3.8) is 0 Å². The third-order valence-corrected chi connectivity index (χ3v) is 3.62. The molecule has 1 unspecified atom stereocenters. The topological polar surface area (TPSA) is 20.2 Å². The first-order valence-corrected chi connectivity index (χ1v) is 6.61. The molecular formula is C15H13Cl2FO. The Kier molecular flexibility index (Phi) is 4.46. The van der Waals surface area contributed by atoms with E-state index in [4.69, 9.17) is 23.2 Å². The number of hydrogen-bond acceptors (Lipinski definition) is 1. The van der Waals surface area contributed by atoms with Crippen LogP contribution in [0, 0.1) is 12.7 Å². The Morgan fingerprint density at radius 2 is 1.79 bits per heavy atom.